The molecule has 4 atom stereocenters. The topological polar surface area (TPSA) is 55.9 Å². The van der Waals surface area contributed by atoms with Crippen molar-refractivity contribution in [3.05, 3.63) is 47.8 Å². The zero-order valence-electron chi connectivity index (χ0n) is 17.9. The minimum atomic E-state index is -3.37. The quantitative estimate of drug-likeness (QED) is 0.688. The number of rotatable bonds is 7. The summed E-state index contributed by atoms with van der Waals surface area (Å²) in [5.74, 6) is 1.43. The molecule has 4 saturated heterocycles. The summed E-state index contributed by atoms with van der Waals surface area (Å²) in [7, 11) is -3.37. The molecular formula is C23H32N4O2S2. The van der Waals surface area contributed by atoms with E-state index in [1.165, 1.54) is 30.0 Å². The van der Waals surface area contributed by atoms with Gasteiger partial charge in [-0.2, -0.15) is 0 Å². The van der Waals surface area contributed by atoms with Crippen LogP contribution in [0.4, 0.5) is 5.69 Å². The van der Waals surface area contributed by atoms with Crippen LogP contribution in [0.1, 0.15) is 12.8 Å². The lowest BCUT2D eigenvalue weighted by Gasteiger charge is -2.51. The van der Waals surface area contributed by atoms with Crippen LogP contribution in [-0.2, 0) is 10.0 Å². The number of piperidine rings is 3. The first-order valence-electron chi connectivity index (χ1n) is 11.4. The first-order chi connectivity index (χ1) is 15.1. The van der Waals surface area contributed by atoms with Gasteiger partial charge in [-0.1, -0.05) is 24.3 Å². The van der Waals surface area contributed by atoms with Gasteiger partial charge in [-0.25, -0.2) is 13.1 Å². The summed E-state index contributed by atoms with van der Waals surface area (Å²) < 4.78 is 28.2. The van der Waals surface area contributed by atoms with Gasteiger partial charge in [-0.15, -0.1) is 11.3 Å². The van der Waals surface area contributed by atoms with E-state index in [4.69, 9.17) is 0 Å². The Hall–Kier alpha value is -1.45. The summed E-state index contributed by atoms with van der Waals surface area (Å²) in [5.41, 5.74) is 1.33. The van der Waals surface area contributed by atoms with E-state index in [9.17, 15) is 8.42 Å². The normalized spacial score (nSPS) is 29.4. The van der Waals surface area contributed by atoms with Crippen LogP contribution in [0, 0.1) is 11.8 Å². The highest BCUT2D eigenvalue weighted by Crippen LogP contribution is 2.37. The second-order valence-corrected chi connectivity index (χ2v) is 12.0. The Morgan fingerprint density at radius 1 is 1.00 bits per heavy atom. The van der Waals surface area contributed by atoms with Crippen molar-refractivity contribution in [2.24, 2.45) is 11.8 Å². The molecule has 6 nitrogen and oxygen atoms in total. The number of thiophene rings is 1. The maximum Gasteiger partial charge on any atom is 0.250 e. The summed E-state index contributed by atoms with van der Waals surface area (Å²) in [4.78, 5) is 7.66. The Labute approximate surface area is 189 Å². The van der Waals surface area contributed by atoms with Crippen LogP contribution in [0.25, 0.3) is 0 Å². The molecule has 4 aliphatic heterocycles. The lowest BCUT2D eigenvalue weighted by Crippen LogP contribution is -2.59. The molecule has 5 heterocycles. The van der Waals surface area contributed by atoms with Crippen molar-refractivity contribution in [1.29, 1.82) is 0 Å². The molecule has 4 fully saturated rings. The van der Waals surface area contributed by atoms with Crippen molar-refractivity contribution in [3.63, 3.8) is 0 Å². The zero-order chi connectivity index (χ0) is 21.3. The molecule has 0 radical (unpaired) electrons. The largest absolute Gasteiger partial charge is 0.369 e. The summed E-state index contributed by atoms with van der Waals surface area (Å²) in [6.45, 7) is 8.36. The van der Waals surface area contributed by atoms with Gasteiger partial charge in [0.2, 0.25) is 10.0 Å². The predicted octanol–water partition coefficient (Wildman–Crippen LogP) is 2.56. The van der Waals surface area contributed by atoms with Gasteiger partial charge >= 0.3 is 0 Å². The van der Waals surface area contributed by atoms with Crippen LogP contribution in [0.5, 0.6) is 0 Å². The van der Waals surface area contributed by atoms with Gasteiger partial charge in [0, 0.05) is 57.5 Å². The van der Waals surface area contributed by atoms with Gasteiger partial charge in [0.1, 0.15) is 4.21 Å². The summed E-state index contributed by atoms with van der Waals surface area (Å²) in [6.07, 6.45) is 2.37. The molecule has 2 bridgehead atoms. The average Bonchev–Trinajstić information content (AvgIpc) is 3.36. The maximum atomic E-state index is 12.5. The van der Waals surface area contributed by atoms with Gasteiger partial charge in [0.05, 0.1) is 0 Å². The number of sulfonamides is 1. The van der Waals surface area contributed by atoms with Crippen LogP contribution in [0.3, 0.4) is 0 Å². The standard InChI is InChI=1S/C23H32N4O2S2/c28-31(29,23-7-4-14-30-23)24-16-22-15-19-8-9-27(22)18-20(19)17-25-10-12-26(13-11-25)21-5-2-1-3-6-21/h1-7,14,19-20,22,24H,8-13,15-18H2/t19-,20-,22+/m0/s1. The number of hydrogen-bond acceptors (Lipinski definition) is 6. The van der Waals surface area contributed by atoms with Crippen molar-refractivity contribution < 1.29 is 8.42 Å². The molecule has 2 aromatic rings. The fourth-order valence-corrected chi connectivity index (χ4v) is 7.63. The van der Waals surface area contributed by atoms with Crippen molar-refractivity contribution in [2.75, 3.05) is 57.3 Å². The smallest absolute Gasteiger partial charge is 0.250 e. The molecule has 1 aromatic carbocycles. The predicted molar refractivity (Wildman–Crippen MR) is 126 cm³/mol. The molecule has 0 spiro atoms. The van der Waals surface area contributed by atoms with E-state index in [2.05, 4.69) is 49.8 Å². The Balaban J connectivity index is 1.11. The monoisotopic (exact) mass is 460 g/mol. The lowest BCUT2D eigenvalue weighted by molar-refractivity contribution is -0.0107. The molecule has 1 N–H and O–H groups in total. The summed E-state index contributed by atoms with van der Waals surface area (Å²) in [5, 5.41) is 1.81. The second-order valence-electron chi connectivity index (χ2n) is 9.10. The number of nitrogens with one attached hydrogen (secondary N) is 1. The molecule has 1 aromatic heterocycles. The van der Waals surface area contributed by atoms with Crippen molar-refractivity contribution in [1.82, 2.24) is 14.5 Å². The minimum Gasteiger partial charge on any atom is -0.369 e. The highest BCUT2D eigenvalue weighted by molar-refractivity contribution is 7.91. The van der Waals surface area contributed by atoms with Crippen molar-refractivity contribution in [2.45, 2.75) is 23.1 Å². The van der Waals surface area contributed by atoms with Gasteiger partial charge < -0.3 is 4.90 Å². The number of fused-ring (bicyclic) bond motifs is 3. The Morgan fingerprint density at radius 3 is 2.48 bits per heavy atom. The van der Waals surface area contributed by atoms with Crippen molar-refractivity contribution in [3.8, 4) is 0 Å². The molecule has 0 aliphatic carbocycles. The Bertz CT molecular complexity index is 943. The molecule has 0 saturated carbocycles. The third kappa shape index (κ3) is 4.83. The fourth-order valence-electron chi connectivity index (χ4n) is 5.52. The number of benzene rings is 1. The lowest BCUT2D eigenvalue weighted by atomic mass is 9.75. The molecule has 4 aliphatic rings. The number of nitrogens with zero attached hydrogens (tertiary/aromatic N) is 3. The first-order valence-corrected chi connectivity index (χ1v) is 13.7. The Kier molecular flexibility index (Phi) is 6.35. The van der Waals surface area contributed by atoms with E-state index in [0.717, 1.165) is 45.7 Å². The third-order valence-electron chi connectivity index (χ3n) is 7.27. The van der Waals surface area contributed by atoms with Crippen LogP contribution >= 0.6 is 11.3 Å². The van der Waals surface area contributed by atoms with Gasteiger partial charge in [0.15, 0.2) is 0 Å². The van der Waals surface area contributed by atoms with Gasteiger partial charge in [0.25, 0.3) is 0 Å². The van der Waals surface area contributed by atoms with E-state index in [0.29, 0.717) is 28.6 Å². The van der Waals surface area contributed by atoms with Crippen LogP contribution in [0.2, 0.25) is 0 Å². The number of anilines is 1. The van der Waals surface area contributed by atoms with Crippen LogP contribution < -0.4 is 9.62 Å². The second kappa shape index (κ2) is 9.19. The number of hydrogen-bond donors (Lipinski definition) is 1. The summed E-state index contributed by atoms with van der Waals surface area (Å²) in [6, 6.07) is 14.5. The van der Waals surface area contributed by atoms with E-state index in [1.54, 1.807) is 12.1 Å². The Morgan fingerprint density at radius 2 is 1.81 bits per heavy atom. The van der Waals surface area contributed by atoms with E-state index in [1.807, 2.05) is 5.38 Å². The van der Waals surface area contributed by atoms with E-state index in [-0.39, 0.29) is 0 Å². The van der Waals surface area contributed by atoms with E-state index >= 15 is 0 Å². The SMILES string of the molecule is O=S(=O)(NC[C@H]1C[C@@H]2CCN1C[C@@H]2CN1CCN(c2ccccc2)CC1)c1cccs1. The van der Waals surface area contributed by atoms with E-state index < -0.39 is 10.0 Å². The van der Waals surface area contributed by atoms with Gasteiger partial charge in [-0.3, -0.25) is 9.80 Å². The summed E-state index contributed by atoms with van der Waals surface area (Å²) >= 11 is 1.28. The minimum absolute atomic E-state index is 0.333. The third-order valence-corrected chi connectivity index (χ3v) is 10.1. The van der Waals surface area contributed by atoms with Crippen molar-refractivity contribution >= 4 is 27.0 Å². The van der Waals surface area contributed by atoms with Crippen LogP contribution in [0.15, 0.2) is 52.1 Å². The zero-order valence-corrected chi connectivity index (χ0v) is 19.5. The molecule has 0 amide bonds. The first kappa shape index (κ1) is 21.4. The molecule has 1 unspecified atom stereocenters. The van der Waals surface area contributed by atoms with Crippen LogP contribution in [-0.4, -0.2) is 76.6 Å². The number of piperazine rings is 1. The van der Waals surface area contributed by atoms with Gasteiger partial charge in [-0.05, 0) is 54.8 Å². The number of para-hydroxylation sites is 1. The maximum absolute atomic E-state index is 12.5. The molecule has 6 rings (SSSR count). The molecule has 8 heteroatoms. The average molecular weight is 461 g/mol. The molecule has 168 valence electrons. The molecular weight excluding hydrogens is 428 g/mol. The molecule has 31 heavy (non-hydrogen) atoms. The highest BCUT2D eigenvalue weighted by atomic mass is 32.2. The fraction of sp³-hybridized carbons (Fsp3) is 0.565. The highest BCUT2D eigenvalue weighted by Gasteiger charge is 2.41.